The lowest BCUT2D eigenvalue weighted by Crippen LogP contribution is -2.36. The molecule has 2 nitrogen and oxygen atoms in total. The predicted octanol–water partition coefficient (Wildman–Crippen LogP) is 3.89. The van der Waals surface area contributed by atoms with Crippen LogP contribution in [-0.2, 0) is 9.47 Å². The summed E-state index contributed by atoms with van der Waals surface area (Å²) < 4.78 is 11.2. The minimum Gasteiger partial charge on any atom is -0.379 e. The van der Waals surface area contributed by atoms with Gasteiger partial charge in [-0.1, -0.05) is 41.5 Å². The number of rotatable bonds is 5. The molecule has 0 saturated carbocycles. The highest BCUT2D eigenvalue weighted by Crippen LogP contribution is 2.30. The molecule has 0 radical (unpaired) electrons. The molecule has 0 saturated heterocycles. The SMILES string of the molecule is COC(CC(C)(C)C)C(CC(C)(C)C)OC. The van der Waals surface area contributed by atoms with Gasteiger partial charge in [0.15, 0.2) is 0 Å². The van der Waals surface area contributed by atoms with E-state index in [1.807, 2.05) is 0 Å². The van der Waals surface area contributed by atoms with Crippen LogP contribution in [-0.4, -0.2) is 26.4 Å². The summed E-state index contributed by atoms with van der Waals surface area (Å²) in [5, 5.41) is 0. The van der Waals surface area contributed by atoms with E-state index < -0.39 is 0 Å². The lowest BCUT2D eigenvalue weighted by atomic mass is 9.82. The summed E-state index contributed by atoms with van der Waals surface area (Å²) in [6.45, 7) is 13.4. The Hall–Kier alpha value is -0.0800. The van der Waals surface area contributed by atoms with Gasteiger partial charge in [0.25, 0.3) is 0 Å². The zero-order valence-electron chi connectivity index (χ0n) is 12.4. The van der Waals surface area contributed by atoms with Gasteiger partial charge in [0.2, 0.25) is 0 Å². The molecule has 0 aliphatic heterocycles. The molecule has 0 amide bonds. The van der Waals surface area contributed by atoms with Crippen LogP contribution in [0.25, 0.3) is 0 Å². The van der Waals surface area contributed by atoms with Gasteiger partial charge in [0.05, 0.1) is 12.2 Å². The zero-order valence-corrected chi connectivity index (χ0v) is 12.4. The van der Waals surface area contributed by atoms with Gasteiger partial charge < -0.3 is 9.47 Å². The molecular weight excluding hydrogens is 200 g/mol. The van der Waals surface area contributed by atoms with Crippen LogP contribution in [0.4, 0.5) is 0 Å². The van der Waals surface area contributed by atoms with Crippen LogP contribution in [0.2, 0.25) is 0 Å². The molecule has 0 aliphatic rings. The summed E-state index contributed by atoms with van der Waals surface area (Å²) in [5.41, 5.74) is 0.546. The minimum atomic E-state index is 0.184. The first-order chi connectivity index (χ1) is 7.09. The summed E-state index contributed by atoms with van der Waals surface area (Å²) in [7, 11) is 3.57. The van der Waals surface area contributed by atoms with Crippen molar-refractivity contribution < 1.29 is 9.47 Å². The Morgan fingerprint density at radius 1 is 0.688 bits per heavy atom. The fourth-order valence-electron chi connectivity index (χ4n) is 1.94. The topological polar surface area (TPSA) is 18.5 Å². The van der Waals surface area contributed by atoms with Crippen molar-refractivity contribution in [2.75, 3.05) is 14.2 Å². The maximum Gasteiger partial charge on any atom is 0.0837 e. The molecule has 16 heavy (non-hydrogen) atoms. The van der Waals surface area contributed by atoms with Gasteiger partial charge in [-0.3, -0.25) is 0 Å². The quantitative estimate of drug-likeness (QED) is 0.713. The second-order valence-electron chi connectivity index (χ2n) is 7.08. The van der Waals surface area contributed by atoms with Gasteiger partial charge in [0.1, 0.15) is 0 Å². The molecule has 0 spiro atoms. The van der Waals surface area contributed by atoms with E-state index in [1.54, 1.807) is 14.2 Å². The Balaban J connectivity index is 4.51. The van der Waals surface area contributed by atoms with Gasteiger partial charge in [-0.25, -0.2) is 0 Å². The van der Waals surface area contributed by atoms with E-state index in [0.29, 0.717) is 0 Å². The monoisotopic (exact) mass is 230 g/mol. The van der Waals surface area contributed by atoms with Crippen LogP contribution in [0.5, 0.6) is 0 Å². The van der Waals surface area contributed by atoms with E-state index >= 15 is 0 Å². The molecular formula is C14H30O2. The molecule has 0 heterocycles. The standard InChI is InChI=1S/C14H30O2/c1-13(2,3)9-11(15-7)12(16-8)10-14(4,5)6/h11-12H,9-10H2,1-8H3. The second kappa shape index (κ2) is 6.02. The zero-order chi connectivity index (χ0) is 13.0. The smallest absolute Gasteiger partial charge is 0.0837 e. The van der Waals surface area contributed by atoms with Crippen molar-refractivity contribution in [2.24, 2.45) is 10.8 Å². The third-order valence-corrected chi connectivity index (χ3v) is 2.65. The molecule has 0 N–H and O–H groups in total. The summed E-state index contributed by atoms with van der Waals surface area (Å²) in [6, 6.07) is 0. The highest BCUT2D eigenvalue weighted by molar-refractivity contribution is 4.80. The fraction of sp³-hybridized carbons (Fsp3) is 1.00. The minimum absolute atomic E-state index is 0.184. The Morgan fingerprint density at radius 2 is 0.938 bits per heavy atom. The molecule has 2 atom stereocenters. The normalized spacial score (nSPS) is 17.2. The van der Waals surface area contributed by atoms with Gasteiger partial charge in [-0.15, -0.1) is 0 Å². The molecule has 0 aliphatic carbocycles. The summed E-state index contributed by atoms with van der Waals surface area (Å²) in [6.07, 6.45) is 2.42. The summed E-state index contributed by atoms with van der Waals surface area (Å²) in [4.78, 5) is 0. The molecule has 0 rings (SSSR count). The molecule has 0 aromatic carbocycles. The van der Waals surface area contributed by atoms with Crippen LogP contribution >= 0.6 is 0 Å². The third kappa shape index (κ3) is 7.24. The highest BCUT2D eigenvalue weighted by Gasteiger charge is 2.29. The van der Waals surface area contributed by atoms with Crippen LogP contribution in [0.15, 0.2) is 0 Å². The van der Waals surface area contributed by atoms with Crippen molar-refractivity contribution >= 4 is 0 Å². The van der Waals surface area contributed by atoms with Gasteiger partial charge in [-0.05, 0) is 23.7 Å². The molecule has 0 bridgehead atoms. The van der Waals surface area contributed by atoms with Crippen LogP contribution in [0, 0.1) is 10.8 Å². The Morgan fingerprint density at radius 3 is 1.06 bits per heavy atom. The molecule has 2 unspecified atom stereocenters. The molecule has 98 valence electrons. The van der Waals surface area contributed by atoms with Crippen molar-refractivity contribution in [2.45, 2.75) is 66.6 Å². The number of ether oxygens (including phenoxy) is 2. The molecule has 0 fully saturated rings. The maximum absolute atomic E-state index is 5.60. The third-order valence-electron chi connectivity index (χ3n) is 2.65. The summed E-state index contributed by atoms with van der Waals surface area (Å²) in [5.74, 6) is 0. The van der Waals surface area contributed by atoms with Gasteiger partial charge in [0, 0.05) is 14.2 Å². The largest absolute Gasteiger partial charge is 0.379 e. The van der Waals surface area contributed by atoms with Crippen molar-refractivity contribution in [3.8, 4) is 0 Å². The highest BCUT2D eigenvalue weighted by atomic mass is 16.5. The molecule has 0 aromatic heterocycles. The first kappa shape index (κ1) is 15.9. The molecule has 2 heteroatoms. The first-order valence-corrected chi connectivity index (χ1v) is 6.14. The van der Waals surface area contributed by atoms with E-state index in [2.05, 4.69) is 41.5 Å². The average Bonchev–Trinajstić information content (AvgIpc) is 2.07. The number of hydrogen-bond acceptors (Lipinski definition) is 2. The number of hydrogen-bond donors (Lipinski definition) is 0. The van der Waals surface area contributed by atoms with E-state index in [-0.39, 0.29) is 23.0 Å². The van der Waals surface area contributed by atoms with E-state index in [1.165, 1.54) is 0 Å². The number of methoxy groups -OCH3 is 2. The Kier molecular flexibility index (Phi) is 5.99. The van der Waals surface area contributed by atoms with E-state index in [9.17, 15) is 0 Å². The van der Waals surface area contributed by atoms with Gasteiger partial charge in [-0.2, -0.15) is 0 Å². The maximum atomic E-state index is 5.60. The molecule has 0 aromatic rings. The van der Waals surface area contributed by atoms with E-state index in [0.717, 1.165) is 12.8 Å². The average molecular weight is 230 g/mol. The van der Waals surface area contributed by atoms with E-state index in [4.69, 9.17) is 9.47 Å². The van der Waals surface area contributed by atoms with Gasteiger partial charge >= 0.3 is 0 Å². The fourth-order valence-corrected chi connectivity index (χ4v) is 1.94. The lowest BCUT2D eigenvalue weighted by molar-refractivity contribution is -0.0677. The Labute approximate surface area is 102 Å². The van der Waals surface area contributed by atoms with Crippen molar-refractivity contribution in [3.05, 3.63) is 0 Å². The van der Waals surface area contributed by atoms with Crippen molar-refractivity contribution in [1.82, 2.24) is 0 Å². The second-order valence-corrected chi connectivity index (χ2v) is 7.08. The summed E-state index contributed by atoms with van der Waals surface area (Å²) >= 11 is 0. The van der Waals surface area contributed by atoms with Crippen LogP contribution < -0.4 is 0 Å². The predicted molar refractivity (Wildman–Crippen MR) is 69.7 cm³/mol. The van der Waals surface area contributed by atoms with Crippen LogP contribution in [0.1, 0.15) is 54.4 Å². The lowest BCUT2D eigenvalue weighted by Gasteiger charge is -2.34. The van der Waals surface area contributed by atoms with Crippen LogP contribution in [0.3, 0.4) is 0 Å². The van der Waals surface area contributed by atoms with Crippen molar-refractivity contribution in [1.29, 1.82) is 0 Å². The van der Waals surface area contributed by atoms with Crippen molar-refractivity contribution in [3.63, 3.8) is 0 Å². The first-order valence-electron chi connectivity index (χ1n) is 6.14. The Bertz CT molecular complexity index is 164.